The number of rotatable bonds is 1. The lowest BCUT2D eigenvalue weighted by Crippen LogP contribution is -1.82. The molecule has 0 spiro atoms. The van der Waals surface area contributed by atoms with Crippen molar-refractivity contribution in [1.29, 1.82) is 0 Å². The largest absolute Gasteiger partial charge is 0.342 e. The van der Waals surface area contributed by atoms with Gasteiger partial charge < -0.3 is 0 Å². The van der Waals surface area contributed by atoms with Crippen LogP contribution in [0.4, 0.5) is 5.00 Å². The second kappa shape index (κ2) is 2.33. The summed E-state index contributed by atoms with van der Waals surface area (Å²) in [7, 11) is 0. The molecule has 1 rings (SSSR count). The van der Waals surface area contributed by atoms with Gasteiger partial charge in [-0.25, -0.2) is 0 Å². The number of thiophene rings is 1. The molecular weight excluding hydrogens is 162 g/mol. The van der Waals surface area contributed by atoms with Gasteiger partial charge in [0.05, 0.1) is 4.92 Å². The molecule has 0 fully saturated rings. The van der Waals surface area contributed by atoms with Crippen LogP contribution in [0.2, 0.25) is 5.02 Å². The zero-order chi connectivity index (χ0) is 6.85. The van der Waals surface area contributed by atoms with E-state index in [0.29, 0.717) is 0 Å². The van der Waals surface area contributed by atoms with Crippen molar-refractivity contribution in [3.8, 4) is 0 Å². The van der Waals surface area contributed by atoms with Crippen LogP contribution in [-0.2, 0) is 0 Å². The topological polar surface area (TPSA) is 43.1 Å². The summed E-state index contributed by atoms with van der Waals surface area (Å²) in [6.45, 7) is 0. The van der Waals surface area contributed by atoms with Crippen LogP contribution in [0.5, 0.6) is 0 Å². The van der Waals surface area contributed by atoms with Gasteiger partial charge in [-0.3, -0.25) is 10.1 Å². The Labute approximate surface area is 60.0 Å². The van der Waals surface area contributed by atoms with Gasteiger partial charge in [-0.05, 0) is 11.4 Å². The molecule has 0 N–H and O–H groups in total. The van der Waals surface area contributed by atoms with Crippen molar-refractivity contribution >= 4 is 27.9 Å². The van der Waals surface area contributed by atoms with Gasteiger partial charge in [0.1, 0.15) is 5.02 Å². The second-order valence-corrected chi connectivity index (χ2v) is 2.63. The monoisotopic (exact) mass is 163 g/mol. The van der Waals surface area contributed by atoms with Crippen molar-refractivity contribution in [2.75, 3.05) is 0 Å². The molecule has 0 aliphatic carbocycles. The first-order valence-corrected chi connectivity index (χ1v) is 3.35. The van der Waals surface area contributed by atoms with E-state index in [1.807, 2.05) is 0 Å². The maximum absolute atomic E-state index is 10.0. The molecule has 0 aliphatic heterocycles. The van der Waals surface area contributed by atoms with E-state index in [0.717, 1.165) is 11.3 Å². The molecule has 0 radical (unpaired) electrons. The van der Waals surface area contributed by atoms with E-state index in [1.54, 1.807) is 5.38 Å². The van der Waals surface area contributed by atoms with Crippen molar-refractivity contribution in [2.24, 2.45) is 0 Å². The van der Waals surface area contributed by atoms with Crippen LogP contribution in [0, 0.1) is 10.1 Å². The molecule has 9 heavy (non-hydrogen) atoms. The highest BCUT2D eigenvalue weighted by Crippen LogP contribution is 2.29. The third-order valence-corrected chi connectivity index (χ3v) is 2.05. The van der Waals surface area contributed by atoms with Crippen molar-refractivity contribution < 1.29 is 4.92 Å². The SMILES string of the molecule is O=[N+]([O-])c1sccc1Cl. The quantitative estimate of drug-likeness (QED) is 0.471. The summed E-state index contributed by atoms with van der Waals surface area (Å²) < 4.78 is 0. The van der Waals surface area contributed by atoms with Crippen LogP contribution in [0.1, 0.15) is 0 Å². The zero-order valence-electron chi connectivity index (χ0n) is 4.20. The van der Waals surface area contributed by atoms with Crippen molar-refractivity contribution in [3.63, 3.8) is 0 Å². The van der Waals surface area contributed by atoms with E-state index in [9.17, 15) is 10.1 Å². The van der Waals surface area contributed by atoms with E-state index in [-0.39, 0.29) is 10.0 Å². The summed E-state index contributed by atoms with van der Waals surface area (Å²) in [5, 5.41) is 11.8. The predicted octanol–water partition coefficient (Wildman–Crippen LogP) is 2.31. The smallest absolute Gasteiger partial charge is 0.257 e. The lowest BCUT2D eigenvalue weighted by atomic mass is 10.6. The van der Waals surface area contributed by atoms with Gasteiger partial charge in [-0.2, -0.15) is 0 Å². The Morgan fingerprint density at radius 1 is 1.78 bits per heavy atom. The molecule has 1 heterocycles. The van der Waals surface area contributed by atoms with Gasteiger partial charge in [0.2, 0.25) is 0 Å². The van der Waals surface area contributed by atoms with Gasteiger partial charge in [0.15, 0.2) is 0 Å². The highest BCUT2D eigenvalue weighted by Gasteiger charge is 2.11. The lowest BCUT2D eigenvalue weighted by Gasteiger charge is -1.81. The number of halogens is 1. The van der Waals surface area contributed by atoms with Crippen LogP contribution >= 0.6 is 22.9 Å². The summed E-state index contributed by atoms with van der Waals surface area (Å²) in [6, 6.07) is 1.50. The first kappa shape index (κ1) is 6.51. The molecule has 0 bridgehead atoms. The summed E-state index contributed by atoms with van der Waals surface area (Å²) in [5.74, 6) is 0. The summed E-state index contributed by atoms with van der Waals surface area (Å²) in [4.78, 5) is 9.52. The minimum absolute atomic E-state index is 0.0108. The third kappa shape index (κ3) is 1.20. The normalized spacial score (nSPS) is 9.44. The van der Waals surface area contributed by atoms with Crippen LogP contribution in [-0.4, -0.2) is 4.92 Å². The van der Waals surface area contributed by atoms with E-state index in [2.05, 4.69) is 0 Å². The van der Waals surface area contributed by atoms with E-state index >= 15 is 0 Å². The molecule has 0 unspecified atom stereocenters. The van der Waals surface area contributed by atoms with E-state index in [4.69, 9.17) is 11.6 Å². The maximum Gasteiger partial charge on any atom is 0.342 e. The van der Waals surface area contributed by atoms with Crippen LogP contribution in [0.3, 0.4) is 0 Å². The Hall–Kier alpha value is -0.610. The van der Waals surface area contributed by atoms with Gasteiger partial charge in [0, 0.05) is 0 Å². The maximum atomic E-state index is 10.0. The molecule has 0 saturated carbocycles. The fourth-order valence-corrected chi connectivity index (χ4v) is 1.36. The summed E-state index contributed by atoms with van der Waals surface area (Å²) in [5.41, 5.74) is 0. The number of hydrogen-bond donors (Lipinski definition) is 0. The first-order valence-electron chi connectivity index (χ1n) is 2.09. The molecule has 0 saturated heterocycles. The zero-order valence-corrected chi connectivity index (χ0v) is 5.78. The number of nitro groups is 1. The molecule has 0 atom stereocenters. The number of hydrogen-bond acceptors (Lipinski definition) is 3. The Bertz CT molecular complexity index is 234. The van der Waals surface area contributed by atoms with Crippen LogP contribution in [0.15, 0.2) is 11.4 Å². The van der Waals surface area contributed by atoms with Gasteiger partial charge >= 0.3 is 5.00 Å². The Balaban J connectivity index is 3.08. The van der Waals surface area contributed by atoms with Crippen LogP contribution in [0.25, 0.3) is 0 Å². The molecule has 48 valence electrons. The lowest BCUT2D eigenvalue weighted by molar-refractivity contribution is -0.380. The minimum atomic E-state index is -0.493. The number of nitrogens with zero attached hydrogens (tertiary/aromatic N) is 1. The first-order chi connectivity index (χ1) is 4.22. The highest BCUT2D eigenvalue weighted by molar-refractivity contribution is 7.14. The Morgan fingerprint density at radius 3 is 2.67 bits per heavy atom. The van der Waals surface area contributed by atoms with Crippen molar-refractivity contribution in [2.45, 2.75) is 0 Å². The van der Waals surface area contributed by atoms with E-state index < -0.39 is 4.92 Å². The molecule has 0 amide bonds. The molecule has 3 nitrogen and oxygen atoms in total. The van der Waals surface area contributed by atoms with Crippen molar-refractivity contribution in [1.82, 2.24) is 0 Å². The van der Waals surface area contributed by atoms with Crippen LogP contribution < -0.4 is 0 Å². The van der Waals surface area contributed by atoms with E-state index in [1.165, 1.54) is 6.07 Å². The molecule has 5 heteroatoms. The van der Waals surface area contributed by atoms with Gasteiger partial charge in [0.25, 0.3) is 0 Å². The average molecular weight is 164 g/mol. The Kier molecular flexibility index (Phi) is 1.68. The van der Waals surface area contributed by atoms with Crippen molar-refractivity contribution in [3.05, 3.63) is 26.6 Å². The average Bonchev–Trinajstić information content (AvgIpc) is 2.13. The minimum Gasteiger partial charge on any atom is -0.257 e. The summed E-state index contributed by atoms with van der Waals surface area (Å²) >= 11 is 6.43. The predicted molar refractivity (Wildman–Crippen MR) is 36.0 cm³/mol. The fourth-order valence-electron chi connectivity index (χ4n) is 0.416. The molecule has 0 aromatic carbocycles. The molecule has 1 aromatic rings. The van der Waals surface area contributed by atoms with Gasteiger partial charge in [-0.1, -0.05) is 22.9 Å². The molecule has 0 aliphatic rings. The van der Waals surface area contributed by atoms with Gasteiger partial charge in [-0.15, -0.1) is 0 Å². The fraction of sp³-hybridized carbons (Fsp3) is 0. The third-order valence-electron chi connectivity index (χ3n) is 0.764. The standard InChI is InChI=1S/C4H2ClNO2S/c5-3-1-2-9-4(3)6(7)8/h1-2H. The second-order valence-electron chi connectivity index (χ2n) is 1.33. The molecule has 1 aromatic heterocycles. The summed E-state index contributed by atoms with van der Waals surface area (Å²) in [6.07, 6.45) is 0. The Morgan fingerprint density at radius 2 is 2.44 bits per heavy atom. The highest BCUT2D eigenvalue weighted by atomic mass is 35.5. The molecular formula is C4H2ClNO2S.